The van der Waals surface area contributed by atoms with Gasteiger partial charge in [0.1, 0.15) is 48.8 Å². The Morgan fingerprint density at radius 3 is 2.00 bits per heavy atom. The number of carbonyl (C=O) groups excluding carboxylic acids is 10. The Kier molecular flexibility index (Phi) is 21.2. The topological polar surface area (TPSA) is 440 Å². The number of nitrogens with one attached hydrogen (secondary N) is 12. The van der Waals surface area contributed by atoms with Gasteiger partial charge in [-0.25, -0.2) is 9.78 Å². The molecule has 5 aromatic rings. The molecule has 28 nitrogen and oxygen atoms in total. The highest BCUT2D eigenvalue weighted by Crippen LogP contribution is 2.25. The molecule has 30 heteroatoms. The van der Waals surface area contributed by atoms with Crippen molar-refractivity contribution in [3.63, 3.8) is 0 Å². The zero-order chi connectivity index (χ0) is 58.9. The number of carboxylic acid groups (broad SMARTS) is 1. The van der Waals surface area contributed by atoms with Gasteiger partial charge in [-0.1, -0.05) is 82.3 Å². The van der Waals surface area contributed by atoms with Gasteiger partial charge >= 0.3 is 12.0 Å². The van der Waals surface area contributed by atoms with Crippen LogP contribution in [0.3, 0.4) is 0 Å². The predicted octanol–water partition coefficient (Wildman–Crippen LogP) is -1.97. The Bertz CT molecular complexity index is 3200. The lowest BCUT2D eigenvalue weighted by atomic mass is 9.99. The van der Waals surface area contributed by atoms with E-state index in [1.807, 2.05) is 30.3 Å². The van der Waals surface area contributed by atoms with E-state index in [1.54, 1.807) is 42.6 Å². The molecule has 0 unspecified atom stereocenters. The number of carboxylic acids is 1. The molecule has 0 saturated carbocycles. The van der Waals surface area contributed by atoms with E-state index in [1.165, 1.54) is 12.5 Å². The molecule has 2 aromatic heterocycles. The van der Waals surface area contributed by atoms with Crippen LogP contribution in [-0.2, 0) is 67.2 Å². The Balaban J connectivity index is 1.28. The highest BCUT2D eigenvalue weighted by molar-refractivity contribution is 8.76. The van der Waals surface area contributed by atoms with Gasteiger partial charge in [0.25, 0.3) is 5.91 Å². The smallest absolute Gasteiger partial charge is 0.325 e. The minimum absolute atomic E-state index is 0.0792. The molecule has 2 saturated heterocycles. The van der Waals surface area contributed by atoms with Crippen molar-refractivity contribution in [2.24, 2.45) is 11.5 Å². The summed E-state index contributed by atoms with van der Waals surface area (Å²) in [7, 11) is 1.82. The fourth-order valence-corrected chi connectivity index (χ4v) is 11.3. The first kappa shape index (κ1) is 60.5. The first-order valence-electron chi connectivity index (χ1n) is 25.8. The fraction of sp³-hybridized carbons (Fsp3) is 0.365. The van der Waals surface area contributed by atoms with E-state index in [9.17, 15) is 57.8 Å². The highest BCUT2D eigenvalue weighted by Gasteiger charge is 2.37. The summed E-state index contributed by atoms with van der Waals surface area (Å²) in [4.78, 5) is 162. The Hall–Kier alpha value is -9.19. The molecule has 11 amide bonds. The molecule has 434 valence electrons. The number of hydrogen-bond donors (Lipinski definition) is 15. The number of primary amides is 1. The lowest BCUT2D eigenvalue weighted by Gasteiger charge is -2.28. The second-order valence-electron chi connectivity index (χ2n) is 19.2. The van der Waals surface area contributed by atoms with Gasteiger partial charge < -0.3 is 74.4 Å². The summed E-state index contributed by atoms with van der Waals surface area (Å²) in [6.07, 6.45) is 2.50. The molecule has 7 rings (SSSR count). The van der Waals surface area contributed by atoms with Gasteiger partial charge in [0, 0.05) is 72.7 Å². The SMILES string of the molecule is N=C(N)NCCC[C@@H]1NC(=O)[C@@H](Cc2ccc3ccccc3c2)NC(=O)[C@H](Cc2cnc[nH]2)NC(=O)[C@H](CCC(=O)O)NC(=O)[C@@H](NC(=O)CN2C(=O)CNC2=O)CSSC[C@@H](C(N)=O)NC(=O)[C@H](Cc2c[nH]c3ccccc23)NC1=O. The minimum atomic E-state index is -1.70. The number of amides is 11. The van der Waals surface area contributed by atoms with Crippen LogP contribution in [0.4, 0.5) is 4.79 Å². The summed E-state index contributed by atoms with van der Waals surface area (Å²) in [5, 5.41) is 43.1. The van der Waals surface area contributed by atoms with Crippen LogP contribution in [0, 0.1) is 5.41 Å². The first-order valence-corrected chi connectivity index (χ1v) is 28.3. The van der Waals surface area contributed by atoms with Crippen LogP contribution < -0.4 is 59.3 Å². The number of rotatable bonds is 17. The van der Waals surface area contributed by atoms with Gasteiger partial charge in [-0.3, -0.25) is 58.3 Å². The van der Waals surface area contributed by atoms with Crippen molar-refractivity contribution in [1.29, 1.82) is 5.41 Å². The van der Waals surface area contributed by atoms with E-state index in [0.717, 1.165) is 32.4 Å². The molecule has 3 aromatic carbocycles. The van der Waals surface area contributed by atoms with Crippen LogP contribution in [0.25, 0.3) is 21.7 Å². The average Bonchev–Trinajstić information content (AvgIpc) is 4.22. The molecule has 2 fully saturated rings. The van der Waals surface area contributed by atoms with Gasteiger partial charge in [0.05, 0.1) is 12.9 Å². The summed E-state index contributed by atoms with van der Waals surface area (Å²) in [6, 6.07) is 8.40. The largest absolute Gasteiger partial charge is 0.481 e. The van der Waals surface area contributed by atoms with Crippen LogP contribution in [0.1, 0.15) is 42.5 Å². The molecule has 2 aliphatic rings. The molecule has 0 aliphatic carbocycles. The van der Waals surface area contributed by atoms with Crippen molar-refractivity contribution >= 4 is 114 Å². The number of benzene rings is 3. The number of nitrogens with two attached hydrogens (primary N) is 2. The summed E-state index contributed by atoms with van der Waals surface area (Å²) in [5.41, 5.74) is 13.6. The Labute approximate surface area is 475 Å². The van der Waals surface area contributed by atoms with Crippen molar-refractivity contribution < 1.29 is 57.8 Å². The number of aromatic amines is 2. The van der Waals surface area contributed by atoms with Gasteiger partial charge in [-0.2, -0.15) is 0 Å². The van der Waals surface area contributed by atoms with Crippen molar-refractivity contribution in [3.8, 4) is 0 Å². The predicted molar refractivity (Wildman–Crippen MR) is 301 cm³/mol. The van der Waals surface area contributed by atoms with E-state index in [0.29, 0.717) is 32.6 Å². The number of imidazole rings is 1. The Morgan fingerprint density at radius 1 is 0.707 bits per heavy atom. The third-order valence-electron chi connectivity index (χ3n) is 13.2. The maximum Gasteiger partial charge on any atom is 0.325 e. The van der Waals surface area contributed by atoms with Crippen LogP contribution in [0.2, 0.25) is 0 Å². The van der Waals surface area contributed by atoms with Gasteiger partial charge in [0.2, 0.25) is 47.3 Å². The molecule has 82 heavy (non-hydrogen) atoms. The summed E-state index contributed by atoms with van der Waals surface area (Å²) in [5.74, 6) is -10.7. The molecule has 4 heterocycles. The lowest BCUT2D eigenvalue weighted by molar-refractivity contribution is -0.138. The number of urea groups is 1. The van der Waals surface area contributed by atoms with Crippen LogP contribution in [-0.4, -0.2) is 170 Å². The van der Waals surface area contributed by atoms with E-state index >= 15 is 0 Å². The number of guanidine groups is 1. The van der Waals surface area contributed by atoms with Gasteiger partial charge in [-0.05, 0) is 47.2 Å². The first-order chi connectivity index (χ1) is 39.3. The standard InChI is InChI=1S/C52H62N16O12S2/c53-44(73)39-24-81-82-25-40(61-41(69)23-68-42(70)22-59-52(68)80)50(79)63-35(13-14-43(71)72)46(75)66-38(19-31-21-56-26-60-31)49(78)64-36(17-27-11-12-28-6-1-2-7-29(28)16-27)47(76)62-34(10-5-15-57-51(54)55)45(74)65-37(48(77)67-39)18-30-20-58-33-9-4-3-8-32(30)33/h1-4,6-9,11-12,16,20-21,26,34-40,58H,5,10,13-15,17-19,22-25H2,(H2,53,73)(H,56,60)(H,59,80)(H,61,69)(H,62,76)(H,63,79)(H,64,78)(H,65,74)(H,66,75)(H,67,77)(H,71,72)(H4,54,55,57)/t34-,35-,36+,37-,38-,39-,40-/m0/s1. The summed E-state index contributed by atoms with van der Waals surface area (Å²) < 4.78 is 0. The number of H-pyrrole nitrogens is 2. The maximum absolute atomic E-state index is 14.9. The van der Waals surface area contributed by atoms with Crippen LogP contribution >= 0.6 is 21.6 Å². The number of fused-ring (bicyclic) bond motifs is 2. The second kappa shape index (κ2) is 28.8. The summed E-state index contributed by atoms with van der Waals surface area (Å²) in [6.45, 7) is -1.12. The van der Waals surface area contributed by atoms with E-state index < -0.39 is 127 Å². The Morgan fingerprint density at radius 2 is 1.33 bits per heavy atom. The lowest BCUT2D eigenvalue weighted by Crippen LogP contribution is -2.61. The molecule has 0 radical (unpaired) electrons. The third-order valence-corrected chi connectivity index (χ3v) is 15.7. The number of nitrogens with zero attached hydrogens (tertiary/aromatic N) is 2. The zero-order valence-corrected chi connectivity index (χ0v) is 45.5. The third kappa shape index (κ3) is 17.2. The number of para-hydroxylation sites is 1. The number of aromatic nitrogens is 3. The summed E-state index contributed by atoms with van der Waals surface area (Å²) >= 11 is 0. The second-order valence-corrected chi connectivity index (χ2v) is 21.8. The van der Waals surface area contributed by atoms with E-state index in [4.69, 9.17) is 16.9 Å². The number of aliphatic carboxylic acids is 1. The highest BCUT2D eigenvalue weighted by atomic mass is 33.1. The molecule has 17 N–H and O–H groups in total. The molecule has 0 spiro atoms. The van der Waals surface area contributed by atoms with Gasteiger partial charge in [-0.15, -0.1) is 0 Å². The number of hydrogen-bond acceptors (Lipinski definition) is 15. The molecular formula is C52H62N16O12S2. The quantitative estimate of drug-likeness (QED) is 0.0158. The van der Waals surface area contributed by atoms with E-state index in [-0.39, 0.29) is 62.7 Å². The van der Waals surface area contributed by atoms with Crippen LogP contribution in [0.5, 0.6) is 0 Å². The maximum atomic E-state index is 14.9. The molecular weight excluding hydrogens is 1100 g/mol. The number of carbonyl (C=O) groups is 11. The van der Waals surface area contributed by atoms with E-state index in [2.05, 4.69) is 62.8 Å². The zero-order valence-electron chi connectivity index (χ0n) is 43.9. The van der Waals surface area contributed by atoms with Crippen LogP contribution in [0.15, 0.2) is 85.5 Å². The number of imide groups is 1. The van der Waals surface area contributed by atoms with Gasteiger partial charge in [0.15, 0.2) is 5.96 Å². The monoisotopic (exact) mass is 1170 g/mol. The molecule has 7 atom stereocenters. The van der Waals surface area contributed by atoms with Crippen molar-refractivity contribution in [2.45, 2.75) is 87.2 Å². The molecule has 2 aliphatic heterocycles. The minimum Gasteiger partial charge on any atom is -0.481 e. The van der Waals surface area contributed by atoms with Crippen molar-refractivity contribution in [1.82, 2.24) is 67.7 Å². The average molecular weight is 1170 g/mol. The molecule has 0 bridgehead atoms. The fourth-order valence-electron chi connectivity index (χ4n) is 8.94. The normalized spacial score (nSPS) is 22.0. The van der Waals surface area contributed by atoms with Crippen molar-refractivity contribution in [3.05, 3.63) is 102 Å². The van der Waals surface area contributed by atoms with Crippen molar-refractivity contribution in [2.75, 3.05) is 31.1 Å².